The fourth-order valence-electron chi connectivity index (χ4n) is 4.46. The fraction of sp³-hybridized carbons (Fsp3) is 0.652. The SMILES string of the molecule is CC(C)NC(=O)CN1CCN(C(=O)c2cccc(S(=O)(=O)N(C)C3CCCCC3)c2)CC1. The van der Waals surface area contributed by atoms with Crippen LogP contribution in [-0.4, -0.2) is 86.2 Å². The topological polar surface area (TPSA) is 90.0 Å². The van der Waals surface area contributed by atoms with Gasteiger partial charge in [0.1, 0.15) is 0 Å². The first-order valence-electron chi connectivity index (χ1n) is 11.6. The number of amides is 2. The summed E-state index contributed by atoms with van der Waals surface area (Å²) in [5, 5.41) is 2.88. The molecule has 0 radical (unpaired) electrons. The highest BCUT2D eigenvalue weighted by atomic mass is 32.2. The number of nitrogens with one attached hydrogen (secondary N) is 1. The van der Waals surface area contributed by atoms with Crippen molar-refractivity contribution >= 4 is 21.8 Å². The van der Waals surface area contributed by atoms with Crippen LogP contribution in [0.2, 0.25) is 0 Å². The van der Waals surface area contributed by atoms with Crippen LogP contribution in [0.1, 0.15) is 56.3 Å². The Labute approximate surface area is 192 Å². The Bertz CT molecular complexity index is 904. The number of rotatable bonds is 7. The van der Waals surface area contributed by atoms with Gasteiger partial charge in [-0.05, 0) is 44.9 Å². The molecule has 2 fully saturated rings. The minimum absolute atomic E-state index is 0.0141. The zero-order valence-corrected chi connectivity index (χ0v) is 20.2. The van der Waals surface area contributed by atoms with E-state index in [0.717, 1.165) is 32.1 Å². The lowest BCUT2D eigenvalue weighted by molar-refractivity contribution is -0.123. The van der Waals surface area contributed by atoms with Gasteiger partial charge in [-0.1, -0.05) is 25.3 Å². The maximum atomic E-state index is 13.2. The van der Waals surface area contributed by atoms with Crippen molar-refractivity contribution in [3.05, 3.63) is 29.8 Å². The number of piperazine rings is 1. The first-order chi connectivity index (χ1) is 15.2. The summed E-state index contributed by atoms with van der Waals surface area (Å²) in [6.07, 6.45) is 5.02. The molecule has 1 aliphatic heterocycles. The average Bonchev–Trinajstić information content (AvgIpc) is 2.78. The Hall–Kier alpha value is -1.97. The van der Waals surface area contributed by atoms with Crippen LogP contribution >= 0.6 is 0 Å². The molecule has 8 nitrogen and oxygen atoms in total. The molecule has 1 saturated heterocycles. The number of benzene rings is 1. The largest absolute Gasteiger partial charge is 0.353 e. The van der Waals surface area contributed by atoms with Crippen molar-refractivity contribution in [1.82, 2.24) is 19.4 Å². The van der Waals surface area contributed by atoms with Crippen molar-refractivity contribution in [3.63, 3.8) is 0 Å². The molecule has 32 heavy (non-hydrogen) atoms. The fourth-order valence-corrected chi connectivity index (χ4v) is 5.92. The van der Waals surface area contributed by atoms with E-state index in [0.29, 0.717) is 38.3 Å². The second kappa shape index (κ2) is 10.8. The van der Waals surface area contributed by atoms with Crippen molar-refractivity contribution in [1.29, 1.82) is 0 Å². The van der Waals surface area contributed by atoms with Crippen molar-refractivity contribution in [2.24, 2.45) is 0 Å². The minimum Gasteiger partial charge on any atom is -0.353 e. The molecule has 1 heterocycles. The zero-order valence-electron chi connectivity index (χ0n) is 19.4. The maximum Gasteiger partial charge on any atom is 0.253 e. The summed E-state index contributed by atoms with van der Waals surface area (Å²) in [4.78, 5) is 28.9. The molecule has 1 aromatic carbocycles. The van der Waals surface area contributed by atoms with E-state index in [9.17, 15) is 18.0 Å². The van der Waals surface area contributed by atoms with Gasteiger partial charge in [-0.15, -0.1) is 0 Å². The summed E-state index contributed by atoms with van der Waals surface area (Å²) in [7, 11) is -2.00. The summed E-state index contributed by atoms with van der Waals surface area (Å²) >= 11 is 0. The van der Waals surface area contributed by atoms with Gasteiger partial charge in [-0.25, -0.2) is 8.42 Å². The second-order valence-electron chi connectivity index (χ2n) is 9.13. The van der Waals surface area contributed by atoms with E-state index < -0.39 is 10.0 Å². The number of hydrogen-bond donors (Lipinski definition) is 1. The van der Waals surface area contributed by atoms with Crippen LogP contribution in [0.4, 0.5) is 0 Å². The van der Waals surface area contributed by atoms with Crippen LogP contribution in [0.5, 0.6) is 0 Å². The Morgan fingerprint density at radius 3 is 2.38 bits per heavy atom. The lowest BCUT2D eigenvalue weighted by Crippen LogP contribution is -2.51. The minimum atomic E-state index is -3.65. The Morgan fingerprint density at radius 2 is 1.75 bits per heavy atom. The van der Waals surface area contributed by atoms with E-state index in [1.54, 1.807) is 30.1 Å². The molecule has 1 aromatic rings. The zero-order chi connectivity index (χ0) is 23.3. The predicted octanol–water partition coefficient (Wildman–Crippen LogP) is 1.92. The van der Waals surface area contributed by atoms with E-state index in [-0.39, 0.29) is 28.8 Å². The molecule has 0 atom stereocenters. The second-order valence-corrected chi connectivity index (χ2v) is 11.1. The van der Waals surface area contributed by atoms with Crippen molar-refractivity contribution in [2.75, 3.05) is 39.8 Å². The summed E-state index contributed by atoms with van der Waals surface area (Å²) in [5.74, 6) is -0.187. The van der Waals surface area contributed by atoms with E-state index in [1.807, 2.05) is 18.7 Å². The third kappa shape index (κ3) is 6.08. The normalized spacial score (nSPS) is 18.8. The summed E-state index contributed by atoms with van der Waals surface area (Å²) in [6, 6.07) is 6.50. The smallest absolute Gasteiger partial charge is 0.253 e. The molecule has 0 unspecified atom stereocenters. The first-order valence-corrected chi connectivity index (χ1v) is 13.0. The maximum absolute atomic E-state index is 13.2. The lowest BCUT2D eigenvalue weighted by Gasteiger charge is -2.34. The van der Waals surface area contributed by atoms with Gasteiger partial charge in [-0.3, -0.25) is 14.5 Å². The molecule has 1 saturated carbocycles. The van der Waals surface area contributed by atoms with Crippen molar-refractivity contribution in [2.45, 2.75) is 62.9 Å². The van der Waals surface area contributed by atoms with Crippen molar-refractivity contribution in [3.8, 4) is 0 Å². The molecule has 0 spiro atoms. The molecule has 0 aromatic heterocycles. The van der Waals surface area contributed by atoms with Gasteiger partial charge in [0.15, 0.2) is 0 Å². The Balaban J connectivity index is 1.62. The van der Waals surface area contributed by atoms with Gasteiger partial charge < -0.3 is 10.2 Å². The molecule has 3 rings (SSSR count). The first kappa shape index (κ1) is 24.7. The highest BCUT2D eigenvalue weighted by molar-refractivity contribution is 7.89. The van der Waals surface area contributed by atoms with Crippen LogP contribution in [0.15, 0.2) is 29.2 Å². The number of nitrogens with zero attached hydrogens (tertiary/aromatic N) is 3. The van der Waals surface area contributed by atoms with Crippen molar-refractivity contribution < 1.29 is 18.0 Å². The molecular weight excluding hydrogens is 428 g/mol. The van der Waals surface area contributed by atoms with Gasteiger partial charge >= 0.3 is 0 Å². The lowest BCUT2D eigenvalue weighted by atomic mass is 9.96. The molecule has 178 valence electrons. The van der Waals surface area contributed by atoms with E-state index in [4.69, 9.17) is 0 Å². The van der Waals surface area contributed by atoms with E-state index >= 15 is 0 Å². The van der Waals surface area contributed by atoms with Gasteiger partial charge in [0.05, 0.1) is 11.4 Å². The van der Waals surface area contributed by atoms with E-state index in [1.165, 1.54) is 10.4 Å². The van der Waals surface area contributed by atoms with E-state index in [2.05, 4.69) is 5.32 Å². The highest BCUT2D eigenvalue weighted by Gasteiger charge is 2.30. The van der Waals surface area contributed by atoms with Crippen LogP contribution in [0, 0.1) is 0 Å². The summed E-state index contributed by atoms with van der Waals surface area (Å²) in [5.41, 5.74) is 0.383. The Morgan fingerprint density at radius 1 is 1.09 bits per heavy atom. The quantitative estimate of drug-likeness (QED) is 0.666. The monoisotopic (exact) mass is 464 g/mol. The van der Waals surface area contributed by atoms with Gasteiger partial charge in [0.2, 0.25) is 15.9 Å². The van der Waals surface area contributed by atoms with Gasteiger partial charge in [0.25, 0.3) is 5.91 Å². The molecule has 1 N–H and O–H groups in total. The Kier molecular flexibility index (Phi) is 8.30. The van der Waals surface area contributed by atoms with Crippen LogP contribution in [0.3, 0.4) is 0 Å². The third-order valence-electron chi connectivity index (χ3n) is 6.32. The number of sulfonamides is 1. The average molecular weight is 465 g/mol. The molecular formula is C23H36N4O4S. The molecule has 1 aliphatic carbocycles. The number of hydrogen-bond acceptors (Lipinski definition) is 5. The van der Waals surface area contributed by atoms with Crippen LogP contribution < -0.4 is 5.32 Å². The van der Waals surface area contributed by atoms with Gasteiger partial charge in [0, 0.05) is 50.9 Å². The predicted molar refractivity (Wildman–Crippen MR) is 124 cm³/mol. The molecule has 2 amide bonds. The van der Waals surface area contributed by atoms with Crippen LogP contribution in [0.25, 0.3) is 0 Å². The summed E-state index contributed by atoms with van der Waals surface area (Å²) < 4.78 is 27.8. The number of carbonyl (C=O) groups is 2. The molecule has 9 heteroatoms. The summed E-state index contributed by atoms with van der Waals surface area (Å²) in [6.45, 7) is 6.41. The molecule has 0 bridgehead atoms. The van der Waals surface area contributed by atoms with Crippen LogP contribution in [-0.2, 0) is 14.8 Å². The number of carbonyl (C=O) groups excluding carboxylic acids is 2. The highest BCUT2D eigenvalue weighted by Crippen LogP contribution is 2.27. The standard InChI is InChI=1S/C23H36N4O4S/c1-18(2)24-22(28)17-26-12-14-27(15-13-26)23(29)19-8-7-11-21(16-19)32(30,31)25(3)20-9-5-4-6-10-20/h7-8,11,16,18,20H,4-6,9-10,12-15,17H2,1-3H3,(H,24,28). The molecule has 2 aliphatic rings. The third-order valence-corrected chi connectivity index (χ3v) is 8.23. The van der Waals surface area contributed by atoms with Gasteiger partial charge in [-0.2, -0.15) is 4.31 Å².